The second kappa shape index (κ2) is 9.52. The van der Waals surface area contributed by atoms with Crippen LogP contribution in [-0.4, -0.2) is 49.1 Å². The van der Waals surface area contributed by atoms with E-state index in [-0.39, 0.29) is 11.4 Å². The van der Waals surface area contributed by atoms with Crippen LogP contribution in [-0.2, 0) is 6.42 Å². The first-order chi connectivity index (χ1) is 16.1. The first kappa shape index (κ1) is 21.9. The molecule has 1 unspecified atom stereocenters. The van der Waals surface area contributed by atoms with Crippen LogP contribution in [0.5, 0.6) is 5.19 Å². The van der Waals surface area contributed by atoms with Crippen molar-refractivity contribution in [1.29, 1.82) is 0 Å². The van der Waals surface area contributed by atoms with Crippen LogP contribution in [0.1, 0.15) is 32.3 Å². The summed E-state index contributed by atoms with van der Waals surface area (Å²) in [6.45, 7) is 6.10. The van der Waals surface area contributed by atoms with Gasteiger partial charge in [-0.1, -0.05) is 18.3 Å². The van der Waals surface area contributed by atoms with Gasteiger partial charge in [0.1, 0.15) is 16.5 Å². The second-order valence-corrected chi connectivity index (χ2v) is 9.41. The van der Waals surface area contributed by atoms with Crippen LogP contribution in [0.15, 0.2) is 36.9 Å². The summed E-state index contributed by atoms with van der Waals surface area (Å²) in [5.74, 6) is 1.27. The summed E-state index contributed by atoms with van der Waals surface area (Å²) in [4.78, 5) is 29.5. The molecule has 33 heavy (non-hydrogen) atoms. The van der Waals surface area contributed by atoms with E-state index < -0.39 is 0 Å². The summed E-state index contributed by atoms with van der Waals surface area (Å²) in [5.41, 5.74) is 3.58. The SMILES string of the molecule is CCc1cnc(N2CCC(C(C)Oc3nc4ccc(-c5cnc(Cl)nc5)nc4s3)CC2)nc1. The highest BCUT2D eigenvalue weighted by atomic mass is 35.5. The van der Waals surface area contributed by atoms with Gasteiger partial charge in [-0.25, -0.2) is 29.9 Å². The van der Waals surface area contributed by atoms with Gasteiger partial charge >= 0.3 is 0 Å². The number of hydrogen-bond acceptors (Lipinski definition) is 9. The zero-order valence-corrected chi connectivity index (χ0v) is 20.1. The Labute approximate surface area is 201 Å². The maximum absolute atomic E-state index is 6.25. The monoisotopic (exact) mass is 481 g/mol. The van der Waals surface area contributed by atoms with Crippen LogP contribution in [0, 0.1) is 5.92 Å². The molecular formula is C23H24ClN7OS. The summed E-state index contributed by atoms with van der Waals surface area (Å²) in [7, 11) is 0. The molecule has 10 heteroatoms. The minimum atomic E-state index is 0.0697. The fourth-order valence-corrected chi connectivity index (χ4v) is 4.94. The Kier molecular flexibility index (Phi) is 6.32. The number of aryl methyl sites for hydroxylation is 1. The van der Waals surface area contributed by atoms with Crippen molar-refractivity contribution >= 4 is 39.2 Å². The third-order valence-corrected chi connectivity index (χ3v) is 7.08. The zero-order valence-electron chi connectivity index (χ0n) is 18.5. The number of thiazole rings is 1. The molecule has 0 radical (unpaired) electrons. The van der Waals surface area contributed by atoms with E-state index in [1.165, 1.54) is 11.3 Å². The average Bonchev–Trinajstić information content (AvgIpc) is 3.26. The Hall–Kier alpha value is -2.91. The van der Waals surface area contributed by atoms with Gasteiger partial charge in [-0.15, -0.1) is 0 Å². The molecule has 1 aliphatic heterocycles. The van der Waals surface area contributed by atoms with Crippen molar-refractivity contribution in [1.82, 2.24) is 29.9 Å². The average molecular weight is 482 g/mol. The maximum atomic E-state index is 6.25. The number of hydrogen-bond donors (Lipinski definition) is 0. The molecule has 1 atom stereocenters. The first-order valence-electron chi connectivity index (χ1n) is 11.1. The number of halogens is 1. The van der Waals surface area contributed by atoms with E-state index in [1.807, 2.05) is 24.5 Å². The highest BCUT2D eigenvalue weighted by Gasteiger charge is 2.27. The number of aromatic nitrogens is 6. The molecule has 0 spiro atoms. The number of nitrogens with zero attached hydrogens (tertiary/aromatic N) is 7. The smallest absolute Gasteiger partial charge is 0.276 e. The topological polar surface area (TPSA) is 89.8 Å². The largest absolute Gasteiger partial charge is 0.467 e. The molecule has 1 fully saturated rings. The molecule has 1 aliphatic rings. The molecule has 170 valence electrons. The molecule has 0 amide bonds. The van der Waals surface area contributed by atoms with Crippen molar-refractivity contribution < 1.29 is 4.74 Å². The van der Waals surface area contributed by atoms with Gasteiger partial charge in [0.15, 0.2) is 0 Å². The summed E-state index contributed by atoms with van der Waals surface area (Å²) >= 11 is 7.24. The lowest BCUT2D eigenvalue weighted by Gasteiger charge is -2.34. The van der Waals surface area contributed by atoms with Crippen molar-refractivity contribution in [2.45, 2.75) is 39.2 Å². The standard InChI is InChI=1S/C23H24ClN7OS/c1-3-15-10-27-22(28-11-15)31-8-6-16(7-9-31)14(2)32-23-30-19-5-4-18(29-20(19)33-23)17-12-25-21(24)26-13-17/h4-5,10-14,16H,3,6-9H2,1-2H3. The predicted molar refractivity (Wildman–Crippen MR) is 130 cm³/mol. The van der Waals surface area contributed by atoms with E-state index in [0.29, 0.717) is 11.1 Å². The number of fused-ring (bicyclic) bond motifs is 1. The molecule has 8 nitrogen and oxygen atoms in total. The molecular weight excluding hydrogens is 458 g/mol. The molecule has 0 saturated carbocycles. The van der Waals surface area contributed by atoms with Crippen molar-refractivity contribution in [2.24, 2.45) is 5.92 Å². The van der Waals surface area contributed by atoms with Crippen LogP contribution < -0.4 is 9.64 Å². The second-order valence-electron chi connectivity index (χ2n) is 8.13. The molecule has 1 saturated heterocycles. The Balaban J connectivity index is 1.22. The quantitative estimate of drug-likeness (QED) is 0.361. The lowest BCUT2D eigenvalue weighted by Crippen LogP contribution is -2.39. The summed E-state index contributed by atoms with van der Waals surface area (Å²) in [6, 6.07) is 3.86. The molecule has 5 heterocycles. The van der Waals surface area contributed by atoms with Gasteiger partial charge < -0.3 is 9.64 Å². The van der Waals surface area contributed by atoms with Crippen molar-refractivity contribution in [3.63, 3.8) is 0 Å². The summed E-state index contributed by atoms with van der Waals surface area (Å²) in [6.07, 6.45) is 10.3. The molecule has 4 aromatic rings. The molecule has 4 aromatic heterocycles. The molecule has 5 rings (SSSR count). The van der Waals surface area contributed by atoms with Crippen molar-refractivity contribution in [3.05, 3.63) is 47.8 Å². The van der Waals surface area contributed by atoms with E-state index in [2.05, 4.69) is 43.7 Å². The van der Waals surface area contributed by atoms with Gasteiger partial charge in [-0.3, -0.25) is 0 Å². The van der Waals surface area contributed by atoms with Crippen LogP contribution >= 0.6 is 22.9 Å². The third kappa shape index (κ3) is 4.89. The number of rotatable bonds is 6. The molecule has 0 aromatic carbocycles. The minimum absolute atomic E-state index is 0.0697. The van der Waals surface area contributed by atoms with Crippen molar-refractivity contribution in [2.75, 3.05) is 18.0 Å². The fourth-order valence-electron chi connectivity index (χ4n) is 3.97. The zero-order chi connectivity index (χ0) is 22.8. The first-order valence-corrected chi connectivity index (χ1v) is 12.3. The highest BCUT2D eigenvalue weighted by molar-refractivity contribution is 7.19. The Morgan fingerprint density at radius 3 is 2.48 bits per heavy atom. The molecule has 0 bridgehead atoms. The Morgan fingerprint density at radius 2 is 1.79 bits per heavy atom. The van der Waals surface area contributed by atoms with Gasteiger partial charge in [-0.05, 0) is 61.4 Å². The number of pyridine rings is 1. The van der Waals surface area contributed by atoms with E-state index in [4.69, 9.17) is 21.3 Å². The lowest BCUT2D eigenvalue weighted by molar-refractivity contribution is 0.132. The summed E-state index contributed by atoms with van der Waals surface area (Å²) in [5, 5.41) is 0.866. The molecule has 0 N–H and O–H groups in total. The van der Waals surface area contributed by atoms with E-state index in [9.17, 15) is 0 Å². The molecule has 0 aliphatic carbocycles. The van der Waals surface area contributed by atoms with Gasteiger partial charge in [0.25, 0.3) is 5.19 Å². The highest BCUT2D eigenvalue weighted by Crippen LogP contribution is 2.32. The van der Waals surface area contributed by atoms with E-state index in [1.54, 1.807) is 12.4 Å². The number of ether oxygens (including phenoxy) is 1. The van der Waals surface area contributed by atoms with E-state index in [0.717, 1.165) is 65.5 Å². The Bertz CT molecular complexity index is 1220. The van der Waals surface area contributed by atoms with Gasteiger partial charge in [0, 0.05) is 43.4 Å². The maximum Gasteiger partial charge on any atom is 0.276 e. The van der Waals surface area contributed by atoms with Crippen LogP contribution in [0.3, 0.4) is 0 Å². The number of anilines is 1. The third-order valence-electron chi connectivity index (χ3n) is 6.02. The predicted octanol–water partition coefficient (Wildman–Crippen LogP) is 4.84. The van der Waals surface area contributed by atoms with Gasteiger partial charge in [0.05, 0.1) is 5.69 Å². The number of piperidine rings is 1. The minimum Gasteiger partial charge on any atom is -0.467 e. The van der Waals surface area contributed by atoms with Crippen LogP contribution in [0.25, 0.3) is 21.6 Å². The van der Waals surface area contributed by atoms with Crippen molar-refractivity contribution in [3.8, 4) is 16.5 Å². The summed E-state index contributed by atoms with van der Waals surface area (Å²) < 4.78 is 6.25. The van der Waals surface area contributed by atoms with E-state index >= 15 is 0 Å². The normalized spacial score (nSPS) is 15.7. The van der Waals surface area contributed by atoms with Crippen LogP contribution in [0.2, 0.25) is 5.28 Å². The lowest BCUT2D eigenvalue weighted by atomic mass is 9.92. The fraction of sp³-hybridized carbons (Fsp3) is 0.391. The van der Waals surface area contributed by atoms with Gasteiger partial charge in [-0.2, -0.15) is 0 Å². The van der Waals surface area contributed by atoms with Crippen LogP contribution in [0.4, 0.5) is 5.95 Å². The Morgan fingerprint density at radius 1 is 1.06 bits per heavy atom. The van der Waals surface area contributed by atoms with Gasteiger partial charge in [0.2, 0.25) is 11.2 Å².